The van der Waals surface area contributed by atoms with E-state index in [-0.39, 0.29) is 5.41 Å². The molecule has 3 nitrogen and oxygen atoms in total. The Kier molecular flexibility index (Phi) is 3.00. The van der Waals surface area contributed by atoms with Gasteiger partial charge in [0.05, 0.1) is 18.6 Å². The zero-order chi connectivity index (χ0) is 11.4. The third kappa shape index (κ3) is 1.96. The zero-order valence-corrected chi connectivity index (χ0v) is 9.40. The molecule has 1 saturated carbocycles. The van der Waals surface area contributed by atoms with Crippen molar-refractivity contribution < 1.29 is 9.47 Å². The first kappa shape index (κ1) is 10.8. The first-order chi connectivity index (χ1) is 7.79. The molecular weight excluding hydrogens is 202 g/mol. The summed E-state index contributed by atoms with van der Waals surface area (Å²) in [5.74, 6) is 1.43. The lowest BCUT2D eigenvalue weighted by Crippen LogP contribution is -2.34. The van der Waals surface area contributed by atoms with Crippen LogP contribution in [0, 0.1) is 16.7 Å². The summed E-state index contributed by atoms with van der Waals surface area (Å²) in [5.41, 5.74) is -0.263. The first-order valence-electron chi connectivity index (χ1n) is 5.47. The summed E-state index contributed by atoms with van der Waals surface area (Å²) in [4.78, 5) is 0. The highest BCUT2D eigenvalue weighted by Gasteiger charge is 2.38. The predicted molar refractivity (Wildman–Crippen MR) is 60.4 cm³/mol. The molecule has 3 heteroatoms. The van der Waals surface area contributed by atoms with Crippen LogP contribution in [-0.4, -0.2) is 13.7 Å². The molecule has 1 aliphatic rings. The van der Waals surface area contributed by atoms with Crippen molar-refractivity contribution in [2.24, 2.45) is 5.41 Å². The number of nitrogens with zero attached hydrogens (tertiary/aromatic N) is 1. The Morgan fingerprint density at radius 3 is 2.50 bits per heavy atom. The highest BCUT2D eigenvalue weighted by molar-refractivity contribution is 5.39. The minimum Gasteiger partial charge on any atom is -0.493 e. The van der Waals surface area contributed by atoms with Gasteiger partial charge in [-0.05, 0) is 25.0 Å². The quantitative estimate of drug-likeness (QED) is 0.778. The van der Waals surface area contributed by atoms with Crippen LogP contribution >= 0.6 is 0 Å². The normalized spacial score (nSPS) is 17.0. The SMILES string of the molecule is COc1ccccc1OCC1(C#N)CCC1. The summed E-state index contributed by atoms with van der Waals surface area (Å²) in [7, 11) is 1.62. The summed E-state index contributed by atoms with van der Waals surface area (Å²) in [5, 5.41) is 9.08. The molecule has 0 aromatic heterocycles. The molecule has 84 valence electrons. The maximum absolute atomic E-state index is 9.08. The van der Waals surface area contributed by atoms with E-state index in [0.717, 1.165) is 25.0 Å². The largest absolute Gasteiger partial charge is 0.493 e. The van der Waals surface area contributed by atoms with Gasteiger partial charge in [0.25, 0.3) is 0 Å². The average molecular weight is 217 g/mol. The zero-order valence-electron chi connectivity index (χ0n) is 9.40. The van der Waals surface area contributed by atoms with Crippen molar-refractivity contribution in [3.8, 4) is 17.6 Å². The van der Waals surface area contributed by atoms with E-state index in [1.165, 1.54) is 0 Å². The molecular formula is C13H15NO2. The molecule has 16 heavy (non-hydrogen) atoms. The number of hydrogen-bond donors (Lipinski definition) is 0. The number of rotatable bonds is 4. The fourth-order valence-corrected chi connectivity index (χ4v) is 1.85. The Labute approximate surface area is 95.6 Å². The molecule has 0 unspecified atom stereocenters. The van der Waals surface area contributed by atoms with Gasteiger partial charge in [0.1, 0.15) is 6.61 Å². The van der Waals surface area contributed by atoms with Gasteiger partial charge in [0.15, 0.2) is 11.5 Å². The minimum atomic E-state index is -0.263. The molecule has 0 N–H and O–H groups in total. The van der Waals surface area contributed by atoms with Gasteiger partial charge < -0.3 is 9.47 Å². The molecule has 1 fully saturated rings. The summed E-state index contributed by atoms with van der Waals surface area (Å²) >= 11 is 0. The molecule has 1 aliphatic carbocycles. The van der Waals surface area contributed by atoms with Crippen molar-refractivity contribution in [1.82, 2.24) is 0 Å². The van der Waals surface area contributed by atoms with Crippen LogP contribution in [0.1, 0.15) is 19.3 Å². The second kappa shape index (κ2) is 4.44. The second-order valence-corrected chi connectivity index (χ2v) is 4.19. The fourth-order valence-electron chi connectivity index (χ4n) is 1.85. The molecule has 1 aromatic rings. The third-order valence-electron chi connectivity index (χ3n) is 3.12. The van der Waals surface area contributed by atoms with Crippen molar-refractivity contribution in [2.45, 2.75) is 19.3 Å². The molecule has 0 radical (unpaired) electrons. The van der Waals surface area contributed by atoms with Crippen molar-refractivity contribution in [3.63, 3.8) is 0 Å². The summed E-state index contributed by atoms with van der Waals surface area (Å²) < 4.78 is 10.9. The van der Waals surface area contributed by atoms with Crippen LogP contribution in [0.5, 0.6) is 11.5 Å². The summed E-state index contributed by atoms with van der Waals surface area (Å²) in [6.07, 6.45) is 3.01. The van der Waals surface area contributed by atoms with Crippen LogP contribution in [0.2, 0.25) is 0 Å². The maximum Gasteiger partial charge on any atom is 0.161 e. The Bertz CT molecular complexity index is 405. The predicted octanol–water partition coefficient (Wildman–Crippen LogP) is 2.77. The molecule has 0 spiro atoms. The number of para-hydroxylation sites is 2. The van der Waals surface area contributed by atoms with Crippen LogP contribution in [-0.2, 0) is 0 Å². The lowest BCUT2D eigenvalue weighted by atomic mass is 9.71. The van der Waals surface area contributed by atoms with Crippen molar-refractivity contribution in [1.29, 1.82) is 5.26 Å². The second-order valence-electron chi connectivity index (χ2n) is 4.19. The van der Waals surface area contributed by atoms with E-state index in [0.29, 0.717) is 12.4 Å². The van der Waals surface area contributed by atoms with E-state index in [1.807, 2.05) is 24.3 Å². The van der Waals surface area contributed by atoms with Gasteiger partial charge in [0.2, 0.25) is 0 Å². The van der Waals surface area contributed by atoms with Gasteiger partial charge >= 0.3 is 0 Å². The van der Waals surface area contributed by atoms with Crippen LogP contribution < -0.4 is 9.47 Å². The molecule has 0 aliphatic heterocycles. The number of ether oxygens (including phenoxy) is 2. The van der Waals surface area contributed by atoms with Crippen molar-refractivity contribution in [3.05, 3.63) is 24.3 Å². The fraction of sp³-hybridized carbons (Fsp3) is 0.462. The Balaban J connectivity index is 2.02. The average Bonchev–Trinajstić information content (AvgIpc) is 2.29. The summed E-state index contributed by atoms with van der Waals surface area (Å²) in [6, 6.07) is 9.88. The highest BCUT2D eigenvalue weighted by atomic mass is 16.5. The van der Waals surface area contributed by atoms with Crippen LogP contribution in [0.15, 0.2) is 24.3 Å². The van der Waals surface area contributed by atoms with Gasteiger partial charge in [-0.1, -0.05) is 18.6 Å². The number of nitriles is 1. The van der Waals surface area contributed by atoms with Gasteiger partial charge in [0, 0.05) is 0 Å². The Morgan fingerprint density at radius 1 is 1.31 bits per heavy atom. The molecule has 0 atom stereocenters. The lowest BCUT2D eigenvalue weighted by molar-refractivity contribution is 0.112. The monoisotopic (exact) mass is 217 g/mol. The number of methoxy groups -OCH3 is 1. The van der Waals surface area contributed by atoms with Crippen LogP contribution in [0.4, 0.5) is 0 Å². The number of hydrogen-bond acceptors (Lipinski definition) is 3. The minimum absolute atomic E-state index is 0.263. The summed E-state index contributed by atoms with van der Waals surface area (Å²) in [6.45, 7) is 0.462. The smallest absolute Gasteiger partial charge is 0.161 e. The molecule has 0 amide bonds. The topological polar surface area (TPSA) is 42.2 Å². The van der Waals surface area contributed by atoms with Gasteiger partial charge in [-0.15, -0.1) is 0 Å². The van der Waals surface area contributed by atoms with Gasteiger partial charge in [-0.3, -0.25) is 0 Å². The molecule has 0 saturated heterocycles. The van der Waals surface area contributed by atoms with E-state index in [9.17, 15) is 0 Å². The Hall–Kier alpha value is -1.69. The van der Waals surface area contributed by atoms with Crippen molar-refractivity contribution in [2.75, 3.05) is 13.7 Å². The lowest BCUT2D eigenvalue weighted by Gasteiger charge is -2.34. The number of benzene rings is 1. The van der Waals surface area contributed by atoms with E-state index in [1.54, 1.807) is 7.11 Å². The molecule has 0 heterocycles. The first-order valence-corrected chi connectivity index (χ1v) is 5.47. The van der Waals surface area contributed by atoms with E-state index < -0.39 is 0 Å². The highest BCUT2D eigenvalue weighted by Crippen LogP contribution is 2.41. The van der Waals surface area contributed by atoms with E-state index in [2.05, 4.69) is 6.07 Å². The molecule has 1 aromatic carbocycles. The molecule has 0 bridgehead atoms. The standard InChI is InChI=1S/C13H15NO2/c1-15-11-5-2-3-6-12(11)16-10-13(9-14)7-4-8-13/h2-3,5-6H,4,7-8,10H2,1H3. The van der Waals surface area contributed by atoms with Gasteiger partial charge in [-0.2, -0.15) is 5.26 Å². The van der Waals surface area contributed by atoms with Gasteiger partial charge in [-0.25, -0.2) is 0 Å². The maximum atomic E-state index is 9.08. The van der Waals surface area contributed by atoms with Crippen LogP contribution in [0.3, 0.4) is 0 Å². The van der Waals surface area contributed by atoms with Crippen molar-refractivity contribution >= 4 is 0 Å². The van der Waals surface area contributed by atoms with E-state index in [4.69, 9.17) is 14.7 Å². The van der Waals surface area contributed by atoms with E-state index >= 15 is 0 Å². The van der Waals surface area contributed by atoms with Crippen LogP contribution in [0.25, 0.3) is 0 Å². The molecule has 2 rings (SSSR count). The third-order valence-corrected chi connectivity index (χ3v) is 3.12. The Morgan fingerprint density at radius 2 is 2.00 bits per heavy atom.